The summed E-state index contributed by atoms with van der Waals surface area (Å²) in [4.78, 5) is 0. The van der Waals surface area contributed by atoms with Crippen LogP contribution in [0.15, 0.2) is 0 Å². The van der Waals surface area contributed by atoms with Crippen molar-refractivity contribution in [3.63, 3.8) is 0 Å². The third-order valence-corrected chi connectivity index (χ3v) is 4.84. The van der Waals surface area contributed by atoms with Gasteiger partial charge in [-0.2, -0.15) is 11.8 Å². The van der Waals surface area contributed by atoms with Crippen LogP contribution in [0.4, 0.5) is 0 Å². The van der Waals surface area contributed by atoms with E-state index in [-0.39, 0.29) is 28.2 Å². The molecule has 1 saturated heterocycles. The fraction of sp³-hybridized carbons (Fsp3) is 1.00. The first-order valence-electron chi connectivity index (χ1n) is 2.61. The Morgan fingerprint density at radius 1 is 1.11 bits per heavy atom. The molecule has 1 rings (SSSR count). The Hall–Kier alpha value is 0.550. The number of hydrogen-bond donors (Lipinski definition) is 0. The van der Waals surface area contributed by atoms with Crippen LogP contribution in [0.2, 0.25) is 0 Å². The minimum absolute atomic E-state index is 0.133. The summed E-state index contributed by atoms with van der Waals surface area (Å²) in [5.41, 5.74) is 0.267. The van der Waals surface area contributed by atoms with Crippen LogP contribution < -0.4 is 0 Å². The molecule has 5 heteroatoms. The molecule has 1 heterocycles. The zero-order valence-electron chi connectivity index (χ0n) is 4.69. The standard InChI is InChI=1S/C4H6O2P2S/c5-7-3-1-9-2-4(3)8-6/h3-4H,1-2H2. The number of hydrogen-bond acceptors (Lipinski definition) is 3. The van der Waals surface area contributed by atoms with Crippen molar-refractivity contribution in [1.82, 2.24) is 0 Å². The van der Waals surface area contributed by atoms with E-state index in [1.54, 1.807) is 11.8 Å². The molecule has 0 radical (unpaired) electrons. The van der Waals surface area contributed by atoms with Crippen LogP contribution in [0.1, 0.15) is 0 Å². The lowest BCUT2D eigenvalue weighted by Crippen LogP contribution is -2.10. The molecule has 1 aliphatic rings. The predicted octanol–water partition coefficient (Wildman–Crippen LogP) is 2.05. The van der Waals surface area contributed by atoms with Crippen molar-refractivity contribution in [3.05, 3.63) is 0 Å². The highest BCUT2D eigenvalue weighted by Gasteiger charge is 2.28. The molecular formula is C4H6O2P2S. The Bertz CT molecular complexity index is 116. The highest BCUT2D eigenvalue weighted by molar-refractivity contribution is 8.00. The third kappa shape index (κ3) is 1.73. The van der Waals surface area contributed by atoms with Crippen LogP contribution in [0.5, 0.6) is 0 Å². The molecule has 0 aliphatic carbocycles. The Balaban J connectivity index is 2.50. The zero-order chi connectivity index (χ0) is 6.69. The van der Waals surface area contributed by atoms with Gasteiger partial charge in [0.1, 0.15) is 0 Å². The molecule has 0 aromatic carbocycles. The first-order chi connectivity index (χ1) is 4.38. The average molecular weight is 180 g/mol. The summed E-state index contributed by atoms with van der Waals surface area (Å²) in [6, 6.07) is 0. The molecule has 0 N–H and O–H groups in total. The fourth-order valence-corrected chi connectivity index (χ4v) is 4.04. The van der Waals surface area contributed by atoms with E-state index in [2.05, 4.69) is 0 Å². The van der Waals surface area contributed by atoms with Gasteiger partial charge in [0, 0.05) is 11.5 Å². The lowest BCUT2D eigenvalue weighted by Gasteiger charge is -1.98. The van der Waals surface area contributed by atoms with Crippen LogP contribution in [0.3, 0.4) is 0 Å². The fourth-order valence-electron chi connectivity index (χ4n) is 0.733. The zero-order valence-corrected chi connectivity index (χ0v) is 7.29. The summed E-state index contributed by atoms with van der Waals surface area (Å²) < 4.78 is 20.6. The Labute approximate surface area is 61.2 Å². The SMILES string of the molecule is O=PC1CSCC1P=O. The van der Waals surface area contributed by atoms with Crippen LogP contribution in [-0.4, -0.2) is 22.8 Å². The van der Waals surface area contributed by atoms with Gasteiger partial charge in [0.2, 0.25) is 0 Å². The smallest absolute Gasteiger partial charge is 0.160 e. The molecule has 0 aromatic rings. The molecule has 0 amide bonds. The van der Waals surface area contributed by atoms with Gasteiger partial charge in [0.25, 0.3) is 0 Å². The van der Waals surface area contributed by atoms with Crippen molar-refractivity contribution in [3.8, 4) is 0 Å². The van der Waals surface area contributed by atoms with Crippen molar-refractivity contribution in [2.75, 3.05) is 11.5 Å². The quantitative estimate of drug-likeness (QED) is 0.610. The van der Waals surface area contributed by atoms with Crippen molar-refractivity contribution in [2.45, 2.75) is 11.3 Å². The topological polar surface area (TPSA) is 34.1 Å². The molecule has 9 heavy (non-hydrogen) atoms. The van der Waals surface area contributed by atoms with E-state index in [0.29, 0.717) is 0 Å². The second kappa shape index (κ2) is 3.65. The van der Waals surface area contributed by atoms with Crippen LogP contribution in [0, 0.1) is 0 Å². The van der Waals surface area contributed by atoms with Gasteiger partial charge in [-0.3, -0.25) is 9.13 Å². The average Bonchev–Trinajstić information content (AvgIpc) is 2.33. The van der Waals surface area contributed by atoms with Crippen molar-refractivity contribution in [2.24, 2.45) is 0 Å². The Morgan fingerprint density at radius 2 is 1.56 bits per heavy atom. The number of rotatable bonds is 2. The monoisotopic (exact) mass is 180 g/mol. The summed E-state index contributed by atoms with van der Waals surface area (Å²) in [5.74, 6) is 1.79. The molecule has 1 aliphatic heterocycles. The molecule has 50 valence electrons. The van der Waals surface area contributed by atoms with Crippen molar-refractivity contribution < 1.29 is 9.13 Å². The van der Waals surface area contributed by atoms with E-state index >= 15 is 0 Å². The van der Waals surface area contributed by atoms with E-state index in [0.717, 1.165) is 11.5 Å². The molecule has 2 nitrogen and oxygen atoms in total. The lowest BCUT2D eigenvalue weighted by molar-refractivity contribution is 0.583. The van der Waals surface area contributed by atoms with Gasteiger partial charge in [-0.25, -0.2) is 0 Å². The second-order valence-electron chi connectivity index (χ2n) is 1.88. The van der Waals surface area contributed by atoms with Gasteiger partial charge in [0.15, 0.2) is 16.9 Å². The normalized spacial score (nSPS) is 36.0. The predicted molar refractivity (Wildman–Crippen MR) is 40.1 cm³/mol. The number of thioether (sulfide) groups is 1. The van der Waals surface area contributed by atoms with Gasteiger partial charge >= 0.3 is 0 Å². The third-order valence-electron chi connectivity index (χ3n) is 1.29. The second-order valence-corrected chi connectivity index (χ2v) is 4.71. The molecule has 2 unspecified atom stereocenters. The Kier molecular flexibility index (Phi) is 3.11. The summed E-state index contributed by atoms with van der Waals surface area (Å²) in [6.45, 7) is 0. The van der Waals surface area contributed by atoms with Crippen molar-refractivity contribution >= 4 is 28.7 Å². The molecule has 0 aromatic heterocycles. The van der Waals surface area contributed by atoms with E-state index in [1.807, 2.05) is 0 Å². The van der Waals surface area contributed by atoms with Gasteiger partial charge in [-0.05, 0) is 0 Å². The first-order valence-corrected chi connectivity index (χ1v) is 5.53. The maximum absolute atomic E-state index is 10.3. The minimum atomic E-state index is 0.133. The van der Waals surface area contributed by atoms with E-state index in [9.17, 15) is 9.13 Å². The highest BCUT2D eigenvalue weighted by atomic mass is 32.2. The Morgan fingerprint density at radius 3 is 1.89 bits per heavy atom. The van der Waals surface area contributed by atoms with Gasteiger partial charge in [-0.15, -0.1) is 0 Å². The summed E-state index contributed by atoms with van der Waals surface area (Å²) in [7, 11) is 0.308. The first kappa shape index (κ1) is 7.65. The largest absolute Gasteiger partial charge is 0.275 e. The van der Waals surface area contributed by atoms with E-state index in [1.165, 1.54) is 0 Å². The molecule has 0 saturated carbocycles. The summed E-state index contributed by atoms with van der Waals surface area (Å²) >= 11 is 1.73. The maximum Gasteiger partial charge on any atom is 0.160 e. The van der Waals surface area contributed by atoms with Gasteiger partial charge < -0.3 is 0 Å². The lowest BCUT2D eigenvalue weighted by atomic mass is 10.4. The van der Waals surface area contributed by atoms with Crippen LogP contribution >= 0.6 is 28.7 Å². The van der Waals surface area contributed by atoms with Gasteiger partial charge in [0.05, 0.1) is 11.3 Å². The molecule has 0 spiro atoms. The van der Waals surface area contributed by atoms with Crippen molar-refractivity contribution in [1.29, 1.82) is 0 Å². The van der Waals surface area contributed by atoms with E-state index < -0.39 is 0 Å². The molecule has 1 fully saturated rings. The molecule has 2 atom stereocenters. The van der Waals surface area contributed by atoms with Crippen LogP contribution in [-0.2, 0) is 9.13 Å². The van der Waals surface area contributed by atoms with Crippen LogP contribution in [0.25, 0.3) is 0 Å². The van der Waals surface area contributed by atoms with Gasteiger partial charge in [-0.1, -0.05) is 0 Å². The van der Waals surface area contributed by atoms with E-state index in [4.69, 9.17) is 0 Å². The maximum atomic E-state index is 10.3. The summed E-state index contributed by atoms with van der Waals surface area (Å²) in [5, 5.41) is 0. The highest BCUT2D eigenvalue weighted by Crippen LogP contribution is 2.33. The molecular weight excluding hydrogens is 174 g/mol. The summed E-state index contributed by atoms with van der Waals surface area (Å²) in [6.07, 6.45) is 0. The molecule has 0 bridgehead atoms. The minimum Gasteiger partial charge on any atom is -0.275 e.